The van der Waals surface area contributed by atoms with E-state index in [1.807, 2.05) is 12.1 Å². The van der Waals surface area contributed by atoms with E-state index in [-0.39, 0.29) is 6.04 Å². The third-order valence-corrected chi connectivity index (χ3v) is 3.26. The van der Waals surface area contributed by atoms with Crippen molar-refractivity contribution in [2.24, 2.45) is 0 Å². The number of fused-ring (bicyclic) bond motifs is 1. The van der Waals surface area contributed by atoms with Crippen LogP contribution >= 0.6 is 0 Å². The summed E-state index contributed by atoms with van der Waals surface area (Å²) in [5, 5.41) is 11.8. The molecule has 90 valence electrons. The molecule has 3 heteroatoms. The van der Waals surface area contributed by atoms with E-state index in [9.17, 15) is 0 Å². The lowest BCUT2D eigenvalue weighted by Crippen LogP contribution is -2.30. The van der Waals surface area contributed by atoms with E-state index >= 15 is 0 Å². The van der Waals surface area contributed by atoms with Gasteiger partial charge < -0.3 is 10.1 Å². The van der Waals surface area contributed by atoms with Gasteiger partial charge in [0.2, 0.25) is 0 Å². The normalized spacial score (nSPS) is 15.8. The van der Waals surface area contributed by atoms with Crippen LogP contribution in [-0.4, -0.2) is 19.7 Å². The van der Waals surface area contributed by atoms with Crippen LogP contribution in [0.4, 0.5) is 0 Å². The highest BCUT2D eigenvalue weighted by Gasteiger charge is 2.14. The molecule has 1 aliphatic carbocycles. The minimum atomic E-state index is -0.241. The fraction of sp³-hybridized carbons (Fsp3) is 0.500. The van der Waals surface area contributed by atoms with Gasteiger partial charge in [-0.2, -0.15) is 5.26 Å². The monoisotopic (exact) mass is 230 g/mol. The molecule has 0 heterocycles. The molecular weight excluding hydrogens is 212 g/mol. The van der Waals surface area contributed by atoms with Crippen molar-refractivity contribution in [1.29, 1.82) is 5.26 Å². The van der Waals surface area contributed by atoms with Gasteiger partial charge in [-0.1, -0.05) is 12.1 Å². The van der Waals surface area contributed by atoms with Gasteiger partial charge in [0.1, 0.15) is 18.4 Å². The van der Waals surface area contributed by atoms with Crippen LogP contribution in [0.25, 0.3) is 0 Å². The Kier molecular flexibility index (Phi) is 4.00. The summed E-state index contributed by atoms with van der Waals surface area (Å²) in [4.78, 5) is 0. The zero-order chi connectivity index (χ0) is 12.1. The molecule has 0 bridgehead atoms. The first kappa shape index (κ1) is 11.9. The van der Waals surface area contributed by atoms with E-state index in [0.717, 1.165) is 18.6 Å². The lowest BCUT2D eigenvalue weighted by molar-refractivity contribution is 0.291. The fourth-order valence-corrected chi connectivity index (χ4v) is 2.24. The average Bonchev–Trinajstić information content (AvgIpc) is 2.40. The molecule has 1 aromatic carbocycles. The summed E-state index contributed by atoms with van der Waals surface area (Å²) in [5.41, 5.74) is 2.75. The molecule has 0 aromatic heterocycles. The van der Waals surface area contributed by atoms with E-state index < -0.39 is 0 Å². The molecule has 1 N–H and O–H groups in total. The largest absolute Gasteiger partial charge is 0.491 e. The highest BCUT2D eigenvalue weighted by molar-refractivity contribution is 5.41. The average molecular weight is 230 g/mol. The number of hydrogen-bond donors (Lipinski definition) is 1. The fourth-order valence-electron chi connectivity index (χ4n) is 2.24. The molecule has 1 atom stereocenters. The standard InChI is InChI=1S/C14H18N2O/c1-16-12(9-15)10-17-14-8-4-6-11-5-2-3-7-13(11)14/h4,6,8,12,16H,2-3,5,7,10H2,1H3. The number of nitrogens with one attached hydrogen (secondary N) is 1. The molecule has 0 saturated carbocycles. The summed E-state index contributed by atoms with van der Waals surface area (Å²) in [6, 6.07) is 8.16. The molecule has 0 fully saturated rings. The Morgan fingerprint density at radius 3 is 3.00 bits per heavy atom. The van der Waals surface area contributed by atoms with Crippen LogP contribution in [0.15, 0.2) is 18.2 Å². The van der Waals surface area contributed by atoms with Gasteiger partial charge in [0.25, 0.3) is 0 Å². The Balaban J connectivity index is 2.08. The van der Waals surface area contributed by atoms with Crippen LogP contribution < -0.4 is 10.1 Å². The minimum absolute atomic E-state index is 0.241. The maximum absolute atomic E-state index is 8.85. The van der Waals surface area contributed by atoms with E-state index in [4.69, 9.17) is 10.00 Å². The van der Waals surface area contributed by atoms with Crippen LogP contribution in [-0.2, 0) is 12.8 Å². The van der Waals surface area contributed by atoms with Crippen molar-refractivity contribution in [1.82, 2.24) is 5.32 Å². The molecule has 2 rings (SSSR count). The highest BCUT2D eigenvalue weighted by Crippen LogP contribution is 2.29. The van der Waals surface area contributed by atoms with Crippen molar-refractivity contribution >= 4 is 0 Å². The van der Waals surface area contributed by atoms with Crippen molar-refractivity contribution in [3.63, 3.8) is 0 Å². The van der Waals surface area contributed by atoms with E-state index in [2.05, 4.69) is 17.5 Å². The lowest BCUT2D eigenvalue weighted by atomic mass is 9.91. The summed E-state index contributed by atoms with van der Waals surface area (Å²) in [7, 11) is 1.78. The second-order valence-electron chi connectivity index (χ2n) is 4.38. The predicted octanol–water partition coefficient (Wildman–Crippen LogP) is 2.06. The van der Waals surface area contributed by atoms with Gasteiger partial charge >= 0.3 is 0 Å². The quantitative estimate of drug-likeness (QED) is 0.861. The number of likely N-dealkylation sites (N-methyl/N-ethyl adjacent to an activating group) is 1. The second-order valence-corrected chi connectivity index (χ2v) is 4.38. The number of ether oxygens (including phenoxy) is 1. The van der Waals surface area contributed by atoms with E-state index in [1.165, 1.54) is 24.0 Å². The van der Waals surface area contributed by atoms with Crippen molar-refractivity contribution < 1.29 is 4.74 Å². The Morgan fingerprint density at radius 1 is 1.41 bits per heavy atom. The van der Waals surface area contributed by atoms with E-state index in [1.54, 1.807) is 7.05 Å². The number of aryl methyl sites for hydroxylation is 1. The van der Waals surface area contributed by atoms with Crippen molar-refractivity contribution in [3.8, 4) is 11.8 Å². The Hall–Kier alpha value is -1.53. The van der Waals surface area contributed by atoms with E-state index in [0.29, 0.717) is 6.61 Å². The third kappa shape index (κ3) is 2.78. The topological polar surface area (TPSA) is 45.0 Å². The third-order valence-electron chi connectivity index (χ3n) is 3.26. The highest BCUT2D eigenvalue weighted by atomic mass is 16.5. The molecule has 0 saturated heterocycles. The van der Waals surface area contributed by atoms with Gasteiger partial charge in [-0.25, -0.2) is 0 Å². The SMILES string of the molecule is CNC(C#N)COc1cccc2c1CCCC2. The van der Waals surface area contributed by atoms with Crippen LogP contribution in [0.1, 0.15) is 24.0 Å². The van der Waals surface area contributed by atoms with Crippen molar-refractivity contribution in [2.75, 3.05) is 13.7 Å². The first-order valence-electron chi connectivity index (χ1n) is 6.15. The molecule has 1 aliphatic rings. The van der Waals surface area contributed by atoms with Crippen LogP contribution in [0, 0.1) is 11.3 Å². The number of benzene rings is 1. The van der Waals surface area contributed by atoms with Gasteiger partial charge in [0, 0.05) is 0 Å². The van der Waals surface area contributed by atoms with Gasteiger partial charge in [0.15, 0.2) is 0 Å². The van der Waals surface area contributed by atoms with Gasteiger partial charge in [-0.15, -0.1) is 0 Å². The maximum Gasteiger partial charge on any atom is 0.129 e. The molecule has 0 amide bonds. The maximum atomic E-state index is 8.85. The van der Waals surface area contributed by atoms with Crippen LogP contribution in [0.3, 0.4) is 0 Å². The molecule has 1 unspecified atom stereocenters. The number of rotatable bonds is 4. The Labute approximate surface area is 102 Å². The lowest BCUT2D eigenvalue weighted by Gasteiger charge is -2.20. The second kappa shape index (κ2) is 5.70. The van der Waals surface area contributed by atoms with Crippen LogP contribution in [0.5, 0.6) is 5.75 Å². The van der Waals surface area contributed by atoms with Crippen molar-refractivity contribution in [3.05, 3.63) is 29.3 Å². The summed E-state index contributed by atoms with van der Waals surface area (Å²) in [6.45, 7) is 0.406. The molecule has 0 spiro atoms. The molecule has 3 nitrogen and oxygen atoms in total. The Bertz CT molecular complexity index is 423. The van der Waals surface area contributed by atoms with Gasteiger partial charge in [0.05, 0.1) is 6.07 Å². The smallest absolute Gasteiger partial charge is 0.129 e. The summed E-state index contributed by atoms with van der Waals surface area (Å²) < 4.78 is 5.76. The first-order valence-corrected chi connectivity index (χ1v) is 6.15. The zero-order valence-electron chi connectivity index (χ0n) is 10.2. The molecule has 17 heavy (non-hydrogen) atoms. The Morgan fingerprint density at radius 2 is 2.24 bits per heavy atom. The molecule has 1 aromatic rings. The number of hydrogen-bond acceptors (Lipinski definition) is 3. The molecule has 0 radical (unpaired) electrons. The van der Waals surface area contributed by atoms with Gasteiger partial charge in [-0.3, -0.25) is 0 Å². The zero-order valence-corrected chi connectivity index (χ0v) is 10.2. The summed E-state index contributed by atoms with van der Waals surface area (Å²) in [5.74, 6) is 0.956. The van der Waals surface area contributed by atoms with Crippen molar-refractivity contribution in [2.45, 2.75) is 31.7 Å². The summed E-state index contributed by atoms with van der Waals surface area (Å²) >= 11 is 0. The minimum Gasteiger partial charge on any atom is -0.491 e. The first-order chi connectivity index (χ1) is 8.35. The number of nitrogens with zero attached hydrogens (tertiary/aromatic N) is 1. The van der Waals surface area contributed by atoms with Crippen LogP contribution in [0.2, 0.25) is 0 Å². The predicted molar refractivity (Wildman–Crippen MR) is 67.0 cm³/mol. The summed E-state index contributed by atoms with van der Waals surface area (Å²) in [6.07, 6.45) is 4.76. The number of nitriles is 1. The van der Waals surface area contributed by atoms with Gasteiger partial charge in [-0.05, 0) is 49.9 Å². The molecular formula is C14H18N2O. The molecule has 0 aliphatic heterocycles.